The number of carbonyl (C=O) groups is 1. The maximum atomic E-state index is 11.8. The molecule has 0 bridgehead atoms. The quantitative estimate of drug-likeness (QED) is 0.489. The molecular weight excluding hydrogens is 236 g/mol. The summed E-state index contributed by atoms with van der Waals surface area (Å²) in [5, 5.41) is 7.41. The van der Waals surface area contributed by atoms with Crippen molar-refractivity contribution >= 4 is 5.97 Å². The molecule has 14 heavy (non-hydrogen) atoms. The van der Waals surface area contributed by atoms with E-state index in [4.69, 9.17) is 5.11 Å². The first-order chi connectivity index (χ1) is 5.44. The van der Waals surface area contributed by atoms with Crippen molar-refractivity contribution in [3.63, 3.8) is 0 Å². The van der Waals surface area contributed by atoms with Crippen LogP contribution in [0.25, 0.3) is 0 Å². The van der Waals surface area contributed by atoms with E-state index in [2.05, 4.69) is 0 Å². The van der Waals surface area contributed by atoms with Crippen LogP contribution in [0.3, 0.4) is 0 Å². The van der Waals surface area contributed by atoms with Gasteiger partial charge in [0.1, 0.15) is 0 Å². The van der Waals surface area contributed by atoms with E-state index in [-0.39, 0.29) is 29.6 Å². The molecule has 0 aliphatic carbocycles. The molecule has 0 spiro atoms. The van der Waals surface area contributed by atoms with E-state index >= 15 is 0 Å². The molecule has 10 heteroatoms. The zero-order valence-corrected chi connectivity index (χ0v) is 8.50. The molecule has 0 aromatic heterocycles. The second kappa shape index (κ2) is 4.23. The van der Waals surface area contributed by atoms with Crippen LogP contribution in [-0.2, 0) is 4.79 Å². The van der Waals surface area contributed by atoms with E-state index in [1.165, 1.54) is 0 Å². The minimum Gasteiger partial charge on any atom is -0.477 e. The molecule has 0 amide bonds. The van der Waals surface area contributed by atoms with Gasteiger partial charge in [-0.1, -0.05) is 0 Å². The molecule has 0 aromatic rings. The molecule has 0 heterocycles. The molecule has 0 rings (SSSR count). The smallest absolute Gasteiger partial charge is 0.477 e. The number of carboxylic acid groups (broad SMARTS) is 1. The van der Waals surface area contributed by atoms with Gasteiger partial charge in [-0.05, 0) is 0 Å². The van der Waals surface area contributed by atoms with E-state index in [0.717, 1.165) is 0 Å². The zero-order chi connectivity index (χ0) is 11.1. The molecule has 0 aliphatic heterocycles. The van der Waals surface area contributed by atoms with Gasteiger partial charge in [0.15, 0.2) is 0 Å². The van der Waals surface area contributed by atoms with E-state index in [9.17, 15) is 35.5 Å². The Morgan fingerprint density at radius 2 is 1.21 bits per heavy atom. The topological polar surface area (TPSA) is 37.3 Å². The van der Waals surface area contributed by atoms with Crippen LogP contribution in [-0.4, -0.2) is 29.1 Å². The summed E-state index contributed by atoms with van der Waals surface area (Å²) in [5.74, 6) is -16.3. The Morgan fingerprint density at radius 1 is 0.929 bits per heavy atom. The number of carboxylic acids is 1. The van der Waals surface area contributed by atoms with Gasteiger partial charge in [0.25, 0.3) is 0 Å². The Bertz CT molecular complexity index is 222. The van der Waals surface area contributed by atoms with Crippen LogP contribution >= 0.6 is 0 Å². The van der Waals surface area contributed by atoms with Gasteiger partial charge in [0, 0.05) is 0 Å². The molecule has 2 nitrogen and oxygen atoms in total. The summed E-state index contributed by atoms with van der Waals surface area (Å²) in [5.41, 5.74) is 0. The molecule has 0 fully saturated rings. The molecule has 0 aliphatic rings. The molecule has 78 valence electrons. The number of rotatable bonds is 2. The number of alkyl halides is 7. The fraction of sp³-hybridized carbons (Fsp3) is 0.750. The number of aliphatic carboxylic acids is 1. The maximum absolute atomic E-state index is 11.8. The van der Waals surface area contributed by atoms with Gasteiger partial charge in [-0.25, -0.2) is 4.79 Å². The average molecular weight is 237 g/mol. The Hall–Kier alpha value is -0.0200. The molecule has 0 atom stereocenters. The van der Waals surface area contributed by atoms with Gasteiger partial charge in [0.2, 0.25) is 0 Å². The van der Waals surface area contributed by atoms with E-state index in [1.807, 2.05) is 0 Å². The molecule has 0 saturated carbocycles. The van der Waals surface area contributed by atoms with Gasteiger partial charge < -0.3 is 5.11 Å². The SMILES string of the molecule is O=C(O)C(F)(F)C(F)(F)C(F)(F)F.[Na+]. The van der Waals surface area contributed by atoms with Crippen molar-refractivity contribution in [3.05, 3.63) is 0 Å². The van der Waals surface area contributed by atoms with E-state index in [1.54, 1.807) is 0 Å². The Balaban J connectivity index is 0. The van der Waals surface area contributed by atoms with Crippen molar-refractivity contribution < 1.29 is 70.2 Å². The minimum absolute atomic E-state index is 0. The largest absolute Gasteiger partial charge is 1.00 e. The third-order valence-electron chi connectivity index (χ3n) is 1.02. The van der Waals surface area contributed by atoms with Gasteiger partial charge in [-0.3, -0.25) is 0 Å². The monoisotopic (exact) mass is 237 g/mol. The Labute approximate surface area is 94.4 Å². The summed E-state index contributed by atoms with van der Waals surface area (Å²) in [4.78, 5) is 9.38. The number of halogens is 7. The second-order valence-electron chi connectivity index (χ2n) is 1.95. The van der Waals surface area contributed by atoms with Crippen LogP contribution in [0.15, 0.2) is 0 Å². The van der Waals surface area contributed by atoms with Crippen molar-refractivity contribution in [2.75, 3.05) is 0 Å². The molecule has 0 aromatic carbocycles. The standard InChI is InChI=1S/C4HF7O2.Na/c5-2(6,1(12)13)3(7,8)4(9,10)11;/h(H,12,13);/q;+1. The third kappa shape index (κ3) is 2.51. The van der Waals surface area contributed by atoms with Crippen LogP contribution in [0, 0.1) is 0 Å². The normalized spacial score (nSPS) is 13.4. The van der Waals surface area contributed by atoms with Crippen LogP contribution in [0.4, 0.5) is 30.7 Å². The fourth-order valence-corrected chi connectivity index (χ4v) is 0.312. The first kappa shape index (κ1) is 16.4. The third-order valence-corrected chi connectivity index (χ3v) is 1.02. The van der Waals surface area contributed by atoms with Crippen molar-refractivity contribution in [1.29, 1.82) is 0 Å². The van der Waals surface area contributed by atoms with E-state index < -0.39 is 24.0 Å². The van der Waals surface area contributed by atoms with Crippen molar-refractivity contribution in [2.24, 2.45) is 0 Å². The predicted molar refractivity (Wildman–Crippen MR) is 23.6 cm³/mol. The Morgan fingerprint density at radius 3 is 1.29 bits per heavy atom. The fourth-order valence-electron chi connectivity index (χ4n) is 0.312. The number of hydrogen-bond donors (Lipinski definition) is 1. The van der Waals surface area contributed by atoms with Gasteiger partial charge in [-0.15, -0.1) is 0 Å². The molecule has 0 saturated heterocycles. The zero-order valence-electron chi connectivity index (χ0n) is 6.50. The first-order valence-electron chi connectivity index (χ1n) is 2.50. The van der Waals surface area contributed by atoms with Gasteiger partial charge in [-0.2, -0.15) is 30.7 Å². The predicted octanol–water partition coefficient (Wildman–Crippen LogP) is -1.09. The molecule has 0 radical (unpaired) electrons. The van der Waals surface area contributed by atoms with Crippen molar-refractivity contribution in [1.82, 2.24) is 0 Å². The maximum Gasteiger partial charge on any atom is 1.00 e. The van der Waals surface area contributed by atoms with Gasteiger partial charge in [0.05, 0.1) is 0 Å². The number of hydrogen-bond acceptors (Lipinski definition) is 1. The average Bonchev–Trinajstić information content (AvgIpc) is 1.84. The van der Waals surface area contributed by atoms with Crippen molar-refractivity contribution in [3.8, 4) is 0 Å². The molecule has 0 unspecified atom stereocenters. The van der Waals surface area contributed by atoms with Crippen LogP contribution in [0.2, 0.25) is 0 Å². The summed E-state index contributed by atoms with van der Waals surface area (Å²) >= 11 is 0. The summed E-state index contributed by atoms with van der Waals surface area (Å²) in [6.07, 6.45) is -6.60. The van der Waals surface area contributed by atoms with Crippen LogP contribution < -0.4 is 29.6 Å². The van der Waals surface area contributed by atoms with Crippen LogP contribution in [0.1, 0.15) is 0 Å². The molecule has 1 N–H and O–H groups in total. The van der Waals surface area contributed by atoms with Gasteiger partial charge >= 0.3 is 53.5 Å². The van der Waals surface area contributed by atoms with E-state index in [0.29, 0.717) is 0 Å². The summed E-state index contributed by atoms with van der Waals surface area (Å²) in [7, 11) is 0. The summed E-state index contributed by atoms with van der Waals surface area (Å²) in [6.45, 7) is 0. The first-order valence-corrected chi connectivity index (χ1v) is 2.50. The summed E-state index contributed by atoms with van der Waals surface area (Å²) in [6, 6.07) is 0. The minimum atomic E-state index is -6.60. The Kier molecular flexibility index (Phi) is 4.96. The summed E-state index contributed by atoms with van der Waals surface area (Å²) < 4.78 is 80.5. The molecular formula is C4HF7NaO2+. The second-order valence-corrected chi connectivity index (χ2v) is 1.95. The van der Waals surface area contributed by atoms with Crippen LogP contribution in [0.5, 0.6) is 0 Å². The van der Waals surface area contributed by atoms with Crippen molar-refractivity contribution in [2.45, 2.75) is 18.0 Å².